The van der Waals surface area contributed by atoms with Crippen molar-refractivity contribution in [2.45, 2.75) is 19.3 Å². The topological polar surface area (TPSA) is 46.6 Å². The average molecular weight is 309 g/mol. The standard InChI is InChI=1S/C16H23NO3S/c1-17(11-14-6-9-21(18,19)12-14)7-4-13-2-3-16-15(10-13)5-8-20-16/h2-3,10,14H,4-9,11-12H2,1H3/t14-/m1/s1. The van der Waals surface area contributed by atoms with E-state index in [4.69, 9.17) is 4.74 Å². The Bertz CT molecular complexity index is 612. The molecule has 4 nitrogen and oxygen atoms in total. The predicted octanol–water partition coefficient (Wildman–Crippen LogP) is 1.53. The third-order valence-electron chi connectivity index (χ3n) is 4.43. The number of rotatable bonds is 5. The van der Waals surface area contributed by atoms with E-state index >= 15 is 0 Å². The quantitative estimate of drug-likeness (QED) is 0.827. The van der Waals surface area contributed by atoms with Crippen LogP contribution in [-0.4, -0.2) is 51.6 Å². The highest BCUT2D eigenvalue weighted by Crippen LogP contribution is 2.26. The lowest BCUT2D eigenvalue weighted by Gasteiger charge is -2.20. The molecule has 1 fully saturated rings. The second kappa shape index (κ2) is 5.97. The molecule has 0 amide bonds. The highest BCUT2D eigenvalue weighted by Gasteiger charge is 2.28. The first-order chi connectivity index (χ1) is 10.0. The number of nitrogens with zero attached hydrogens (tertiary/aromatic N) is 1. The summed E-state index contributed by atoms with van der Waals surface area (Å²) in [5.74, 6) is 2.08. The van der Waals surface area contributed by atoms with Crippen LogP contribution in [-0.2, 0) is 22.7 Å². The minimum absolute atomic E-state index is 0.313. The molecule has 0 spiro atoms. The third kappa shape index (κ3) is 3.77. The van der Waals surface area contributed by atoms with Crippen LogP contribution in [0.15, 0.2) is 18.2 Å². The van der Waals surface area contributed by atoms with Crippen molar-refractivity contribution in [3.05, 3.63) is 29.3 Å². The Kier molecular flexibility index (Phi) is 4.22. The largest absolute Gasteiger partial charge is 0.493 e. The minimum atomic E-state index is -2.76. The Morgan fingerprint density at radius 1 is 1.38 bits per heavy atom. The fourth-order valence-corrected chi connectivity index (χ4v) is 5.11. The van der Waals surface area contributed by atoms with Gasteiger partial charge in [0.2, 0.25) is 0 Å². The minimum Gasteiger partial charge on any atom is -0.493 e. The summed E-state index contributed by atoms with van der Waals surface area (Å²) in [6, 6.07) is 6.45. The van der Waals surface area contributed by atoms with E-state index in [9.17, 15) is 8.42 Å². The van der Waals surface area contributed by atoms with Gasteiger partial charge < -0.3 is 9.64 Å². The van der Waals surface area contributed by atoms with Crippen molar-refractivity contribution in [1.29, 1.82) is 0 Å². The molecule has 116 valence electrons. The fourth-order valence-electron chi connectivity index (χ4n) is 3.26. The predicted molar refractivity (Wildman–Crippen MR) is 83.6 cm³/mol. The van der Waals surface area contributed by atoms with Gasteiger partial charge in [-0.05, 0) is 43.0 Å². The van der Waals surface area contributed by atoms with E-state index in [0.717, 1.165) is 44.7 Å². The molecule has 3 rings (SSSR count). The van der Waals surface area contributed by atoms with Gasteiger partial charge in [0, 0.05) is 19.5 Å². The van der Waals surface area contributed by atoms with Crippen molar-refractivity contribution in [3.63, 3.8) is 0 Å². The molecule has 0 bridgehead atoms. The van der Waals surface area contributed by atoms with Gasteiger partial charge in [0.05, 0.1) is 18.1 Å². The molecular formula is C16H23NO3S. The van der Waals surface area contributed by atoms with Crippen LogP contribution >= 0.6 is 0 Å². The van der Waals surface area contributed by atoms with Crippen LogP contribution in [0.5, 0.6) is 5.75 Å². The van der Waals surface area contributed by atoms with Crippen LogP contribution in [0.3, 0.4) is 0 Å². The van der Waals surface area contributed by atoms with Crippen LogP contribution in [0, 0.1) is 5.92 Å². The van der Waals surface area contributed by atoms with Crippen LogP contribution in [0.1, 0.15) is 17.5 Å². The van der Waals surface area contributed by atoms with Crippen molar-refractivity contribution in [2.75, 3.05) is 38.2 Å². The zero-order valence-corrected chi connectivity index (χ0v) is 13.4. The lowest BCUT2D eigenvalue weighted by Crippen LogP contribution is -2.28. The first-order valence-corrected chi connectivity index (χ1v) is 9.47. The molecule has 0 unspecified atom stereocenters. The summed E-state index contributed by atoms with van der Waals surface area (Å²) in [5, 5.41) is 0. The second-order valence-corrected chi connectivity index (χ2v) is 8.55. The van der Waals surface area contributed by atoms with Gasteiger partial charge in [-0.3, -0.25) is 0 Å². The number of benzene rings is 1. The molecule has 2 aliphatic heterocycles. The van der Waals surface area contributed by atoms with E-state index in [0.29, 0.717) is 17.4 Å². The van der Waals surface area contributed by atoms with Crippen LogP contribution in [0.25, 0.3) is 0 Å². The monoisotopic (exact) mass is 309 g/mol. The number of ether oxygens (including phenoxy) is 1. The lowest BCUT2D eigenvalue weighted by atomic mass is 10.1. The maximum atomic E-state index is 11.5. The van der Waals surface area contributed by atoms with E-state index in [-0.39, 0.29) is 0 Å². The number of hydrogen-bond acceptors (Lipinski definition) is 4. The Hall–Kier alpha value is -1.07. The summed E-state index contributed by atoms with van der Waals surface area (Å²) >= 11 is 0. The zero-order valence-electron chi connectivity index (χ0n) is 12.5. The SMILES string of the molecule is CN(CCc1ccc2c(c1)CCO2)C[C@H]1CCS(=O)(=O)C1. The van der Waals surface area contributed by atoms with Crippen molar-refractivity contribution in [3.8, 4) is 5.75 Å². The van der Waals surface area contributed by atoms with Crippen molar-refractivity contribution >= 4 is 9.84 Å². The molecule has 1 atom stereocenters. The third-order valence-corrected chi connectivity index (χ3v) is 6.27. The molecular weight excluding hydrogens is 286 g/mol. The fraction of sp³-hybridized carbons (Fsp3) is 0.625. The second-order valence-electron chi connectivity index (χ2n) is 6.32. The number of hydrogen-bond donors (Lipinski definition) is 0. The highest BCUT2D eigenvalue weighted by molar-refractivity contribution is 7.91. The van der Waals surface area contributed by atoms with Crippen LogP contribution < -0.4 is 4.74 Å². The van der Waals surface area contributed by atoms with Crippen LogP contribution in [0.4, 0.5) is 0 Å². The van der Waals surface area contributed by atoms with Gasteiger partial charge in [0.1, 0.15) is 5.75 Å². The first-order valence-electron chi connectivity index (χ1n) is 7.65. The van der Waals surface area contributed by atoms with E-state index in [2.05, 4.69) is 30.1 Å². The van der Waals surface area contributed by atoms with E-state index in [1.54, 1.807) is 0 Å². The molecule has 2 heterocycles. The Morgan fingerprint density at radius 2 is 2.24 bits per heavy atom. The molecule has 0 saturated carbocycles. The molecule has 0 N–H and O–H groups in total. The normalized spacial score (nSPS) is 23.2. The summed E-state index contributed by atoms with van der Waals surface area (Å²) in [7, 11) is -0.671. The molecule has 2 aliphatic rings. The molecule has 0 radical (unpaired) electrons. The average Bonchev–Trinajstić information content (AvgIpc) is 3.02. The summed E-state index contributed by atoms with van der Waals surface area (Å²) in [6.07, 6.45) is 2.84. The summed E-state index contributed by atoms with van der Waals surface area (Å²) in [4.78, 5) is 2.26. The Morgan fingerprint density at radius 3 is 3.00 bits per heavy atom. The van der Waals surface area contributed by atoms with E-state index < -0.39 is 9.84 Å². The van der Waals surface area contributed by atoms with Crippen molar-refractivity contribution in [1.82, 2.24) is 4.90 Å². The summed E-state index contributed by atoms with van der Waals surface area (Å²) in [5.41, 5.74) is 2.65. The maximum Gasteiger partial charge on any atom is 0.150 e. The van der Waals surface area contributed by atoms with Gasteiger partial charge in [0.25, 0.3) is 0 Å². The molecule has 1 saturated heterocycles. The molecule has 0 aromatic heterocycles. The first kappa shape index (κ1) is 14.9. The Balaban J connectivity index is 1.49. The molecule has 5 heteroatoms. The van der Waals surface area contributed by atoms with E-state index in [1.165, 1.54) is 11.1 Å². The molecule has 0 aliphatic carbocycles. The molecule has 1 aromatic carbocycles. The molecule has 1 aromatic rings. The van der Waals surface area contributed by atoms with Gasteiger partial charge >= 0.3 is 0 Å². The van der Waals surface area contributed by atoms with Gasteiger partial charge in [-0.15, -0.1) is 0 Å². The Labute approximate surface area is 127 Å². The summed E-state index contributed by atoms with van der Waals surface area (Å²) < 4.78 is 28.5. The van der Waals surface area contributed by atoms with Gasteiger partial charge in [-0.2, -0.15) is 0 Å². The number of fused-ring (bicyclic) bond motifs is 1. The van der Waals surface area contributed by atoms with Crippen molar-refractivity contribution < 1.29 is 13.2 Å². The molecule has 21 heavy (non-hydrogen) atoms. The van der Waals surface area contributed by atoms with Gasteiger partial charge in [-0.25, -0.2) is 8.42 Å². The van der Waals surface area contributed by atoms with Crippen LogP contribution in [0.2, 0.25) is 0 Å². The smallest absolute Gasteiger partial charge is 0.150 e. The van der Waals surface area contributed by atoms with Crippen molar-refractivity contribution in [2.24, 2.45) is 5.92 Å². The number of likely N-dealkylation sites (N-methyl/N-ethyl adjacent to an activating group) is 1. The van der Waals surface area contributed by atoms with E-state index in [1.807, 2.05) is 0 Å². The van der Waals surface area contributed by atoms with Gasteiger partial charge in [0.15, 0.2) is 9.84 Å². The highest BCUT2D eigenvalue weighted by atomic mass is 32.2. The maximum absolute atomic E-state index is 11.5. The lowest BCUT2D eigenvalue weighted by molar-refractivity contribution is 0.292. The zero-order chi connectivity index (χ0) is 14.9. The number of sulfone groups is 1. The summed E-state index contributed by atoms with van der Waals surface area (Å²) in [6.45, 7) is 2.65. The van der Waals surface area contributed by atoms with Gasteiger partial charge in [-0.1, -0.05) is 12.1 Å².